The Morgan fingerprint density at radius 2 is 1.26 bits per heavy atom. The van der Waals surface area contributed by atoms with Gasteiger partial charge in [0.25, 0.3) is 0 Å². The van der Waals surface area contributed by atoms with E-state index in [9.17, 15) is 38.7 Å². The third-order valence-electron chi connectivity index (χ3n) is 8.56. The summed E-state index contributed by atoms with van der Waals surface area (Å²) < 4.78 is 0. The zero-order valence-electron chi connectivity index (χ0n) is 30.7. The lowest BCUT2D eigenvalue weighted by atomic mass is 9.96. The molecule has 0 aromatic heterocycles. The predicted octanol–water partition coefficient (Wildman–Crippen LogP) is -0.194. The van der Waals surface area contributed by atoms with Crippen LogP contribution >= 0.6 is 12.6 Å². The van der Waals surface area contributed by atoms with Crippen LogP contribution in [-0.4, -0.2) is 95.4 Å². The molecule has 7 atom stereocenters. The first kappa shape index (κ1) is 44.2. The minimum Gasteiger partial charge on any atom is -0.508 e. The lowest BCUT2D eigenvalue weighted by Crippen LogP contribution is -2.61. The van der Waals surface area contributed by atoms with Crippen LogP contribution in [0.5, 0.6) is 5.75 Å². The van der Waals surface area contributed by atoms with Crippen LogP contribution < -0.4 is 37.6 Å². The van der Waals surface area contributed by atoms with E-state index in [2.05, 4.69) is 44.5 Å². The van der Waals surface area contributed by atoms with E-state index in [1.165, 1.54) is 19.1 Å². The maximum atomic E-state index is 13.7. The minimum atomic E-state index is -1.15. The summed E-state index contributed by atoms with van der Waals surface area (Å²) >= 11 is 4.21. The number of amides is 6. The van der Waals surface area contributed by atoms with Crippen LogP contribution in [0.15, 0.2) is 54.6 Å². The number of aromatic hydroxyl groups is 1. The molecule has 0 fully saturated rings. The Bertz CT molecular complexity index is 1540. The van der Waals surface area contributed by atoms with Gasteiger partial charge in [0.05, 0.1) is 12.6 Å². The highest BCUT2D eigenvalue weighted by atomic mass is 32.1. The van der Waals surface area contributed by atoms with Crippen molar-refractivity contribution < 1.29 is 38.7 Å². The molecule has 0 heterocycles. The highest BCUT2D eigenvalue weighted by Crippen LogP contribution is 2.13. The van der Waals surface area contributed by atoms with Crippen molar-refractivity contribution in [2.75, 3.05) is 12.3 Å². The van der Waals surface area contributed by atoms with Crippen LogP contribution in [0.2, 0.25) is 0 Å². The van der Waals surface area contributed by atoms with E-state index >= 15 is 0 Å². The van der Waals surface area contributed by atoms with Crippen molar-refractivity contribution in [3.05, 3.63) is 65.7 Å². The largest absolute Gasteiger partial charge is 0.508 e. The number of thiol groups is 1. The molecule has 1 radical (unpaired) electrons. The van der Waals surface area contributed by atoms with Gasteiger partial charge in [0, 0.05) is 18.6 Å². The second-order valence-corrected chi connectivity index (χ2v) is 13.5. The first-order valence-corrected chi connectivity index (χ1v) is 18.1. The number of benzene rings is 2. The Morgan fingerprint density at radius 3 is 1.81 bits per heavy atom. The molecule has 0 saturated carbocycles. The summed E-state index contributed by atoms with van der Waals surface area (Å²) in [5, 5.41) is 25.2. The number of phenolic OH excluding ortho intramolecular Hbond substituents is 1. The van der Waals surface area contributed by atoms with Crippen LogP contribution in [0.25, 0.3) is 0 Å². The summed E-state index contributed by atoms with van der Waals surface area (Å²) in [5.41, 5.74) is 6.87. The molecule has 0 aliphatic rings. The second kappa shape index (κ2) is 22.2. The van der Waals surface area contributed by atoms with Crippen LogP contribution in [0.4, 0.5) is 0 Å². The van der Waals surface area contributed by atoms with Gasteiger partial charge in [-0.15, -0.1) is 0 Å². The fourth-order valence-electron chi connectivity index (χ4n) is 5.17. The fourth-order valence-corrected chi connectivity index (χ4v) is 5.42. The highest BCUT2D eigenvalue weighted by Gasteiger charge is 2.34. The molecule has 9 N–H and O–H groups in total. The first-order chi connectivity index (χ1) is 25.1. The zero-order valence-corrected chi connectivity index (χ0v) is 31.6. The molecule has 0 spiro atoms. The van der Waals surface area contributed by atoms with Crippen molar-refractivity contribution in [1.82, 2.24) is 31.9 Å². The molecule has 53 heavy (non-hydrogen) atoms. The SMILES string of the molecule is CC[C@H](C)[C@H](NC(=O)[C@H](C)NC(=O)[C@H](Cc1ccc(O)cc1)NC(=O)CN)C(=O)N[C@H](C(=O)N[C@@H](CS)C(=O)N[C@H]([C]=O)Cc1ccccc1)C(C)C. The van der Waals surface area contributed by atoms with Gasteiger partial charge in [-0.1, -0.05) is 76.6 Å². The number of carbonyl (C=O) groups excluding carboxylic acids is 7. The topological polar surface area (TPSA) is 238 Å². The summed E-state index contributed by atoms with van der Waals surface area (Å²) in [4.78, 5) is 90.4. The van der Waals surface area contributed by atoms with E-state index in [4.69, 9.17) is 5.73 Å². The van der Waals surface area contributed by atoms with Crippen molar-refractivity contribution in [1.29, 1.82) is 0 Å². The average Bonchev–Trinajstić information content (AvgIpc) is 3.14. The molecule has 289 valence electrons. The molecular weight excluding hydrogens is 703 g/mol. The summed E-state index contributed by atoms with van der Waals surface area (Å²) in [6.07, 6.45) is 2.52. The van der Waals surface area contributed by atoms with Crippen LogP contribution in [0.1, 0.15) is 52.2 Å². The number of carbonyl (C=O) groups is 6. The Hall–Kier alpha value is -4.96. The number of hydrogen-bond donors (Lipinski definition) is 9. The smallest absolute Gasteiger partial charge is 0.244 e. The second-order valence-electron chi connectivity index (χ2n) is 13.1. The third-order valence-corrected chi connectivity index (χ3v) is 8.93. The Labute approximate surface area is 315 Å². The maximum Gasteiger partial charge on any atom is 0.244 e. The van der Waals surface area contributed by atoms with Gasteiger partial charge < -0.3 is 42.7 Å². The van der Waals surface area contributed by atoms with Crippen molar-refractivity contribution in [3.63, 3.8) is 0 Å². The molecule has 6 amide bonds. The third kappa shape index (κ3) is 14.5. The molecule has 15 nitrogen and oxygen atoms in total. The van der Waals surface area contributed by atoms with Crippen molar-refractivity contribution >= 4 is 54.4 Å². The van der Waals surface area contributed by atoms with Gasteiger partial charge in [-0.2, -0.15) is 12.6 Å². The molecule has 0 aliphatic heterocycles. The molecule has 2 rings (SSSR count). The number of hydrogen-bond acceptors (Lipinski definition) is 10. The van der Waals surface area contributed by atoms with E-state index in [1.54, 1.807) is 63.5 Å². The summed E-state index contributed by atoms with van der Waals surface area (Å²) in [6.45, 7) is 8.01. The molecule has 2 aromatic rings. The molecule has 0 bridgehead atoms. The average molecular weight is 755 g/mol. The van der Waals surface area contributed by atoms with E-state index in [0.717, 1.165) is 5.56 Å². The number of nitrogens with one attached hydrogen (secondary N) is 6. The van der Waals surface area contributed by atoms with Gasteiger partial charge in [-0.25, -0.2) is 0 Å². The monoisotopic (exact) mass is 754 g/mol. The summed E-state index contributed by atoms with van der Waals surface area (Å²) in [6, 6.07) is 8.49. The lowest BCUT2D eigenvalue weighted by Gasteiger charge is -2.30. The van der Waals surface area contributed by atoms with E-state index in [0.29, 0.717) is 12.0 Å². The summed E-state index contributed by atoms with van der Waals surface area (Å²) in [7, 11) is 0. The first-order valence-electron chi connectivity index (χ1n) is 17.4. The molecular formula is C37H52N7O8S. The fraction of sp³-hybridized carbons (Fsp3) is 0.486. The van der Waals surface area contributed by atoms with E-state index in [-0.39, 0.29) is 30.9 Å². The van der Waals surface area contributed by atoms with Gasteiger partial charge in [-0.3, -0.25) is 33.6 Å². The van der Waals surface area contributed by atoms with Gasteiger partial charge in [0.2, 0.25) is 41.7 Å². The zero-order chi connectivity index (χ0) is 39.7. The predicted molar refractivity (Wildman–Crippen MR) is 202 cm³/mol. The Kier molecular flexibility index (Phi) is 18.5. The number of phenols is 1. The van der Waals surface area contributed by atoms with Crippen LogP contribution in [0.3, 0.4) is 0 Å². The van der Waals surface area contributed by atoms with Gasteiger partial charge in [0.15, 0.2) is 0 Å². The van der Waals surface area contributed by atoms with Crippen molar-refractivity contribution in [2.24, 2.45) is 17.6 Å². The summed E-state index contributed by atoms with van der Waals surface area (Å²) in [5.74, 6) is -4.88. The van der Waals surface area contributed by atoms with Gasteiger partial charge in [0.1, 0.15) is 36.0 Å². The van der Waals surface area contributed by atoms with Crippen molar-refractivity contribution in [2.45, 2.75) is 90.1 Å². The quantitative estimate of drug-likeness (QED) is 0.0767. The highest BCUT2D eigenvalue weighted by molar-refractivity contribution is 7.80. The van der Waals surface area contributed by atoms with E-state index < -0.39 is 83.5 Å². The minimum absolute atomic E-state index is 0.0263. The van der Waals surface area contributed by atoms with E-state index in [1.807, 2.05) is 13.0 Å². The number of nitrogens with two attached hydrogens (primary N) is 1. The van der Waals surface area contributed by atoms with Crippen molar-refractivity contribution in [3.8, 4) is 5.75 Å². The Morgan fingerprint density at radius 1 is 0.698 bits per heavy atom. The molecule has 0 unspecified atom stereocenters. The molecule has 0 saturated heterocycles. The Balaban J connectivity index is 2.12. The maximum absolute atomic E-state index is 13.7. The molecule has 16 heteroatoms. The van der Waals surface area contributed by atoms with Crippen LogP contribution in [-0.2, 0) is 46.4 Å². The van der Waals surface area contributed by atoms with Gasteiger partial charge in [-0.05, 0) is 42.0 Å². The van der Waals surface area contributed by atoms with Gasteiger partial charge >= 0.3 is 0 Å². The number of rotatable bonds is 21. The molecule has 0 aliphatic carbocycles. The normalized spacial score (nSPS) is 14.9. The van der Waals surface area contributed by atoms with Crippen LogP contribution in [0, 0.1) is 11.8 Å². The lowest BCUT2D eigenvalue weighted by molar-refractivity contribution is -0.136. The standard InChI is InChI=1S/C37H52N7O8S/c1-6-22(4)32(44-33(48)23(5)39-34(49)28(41-30(47)18-38)17-25-12-14-27(46)15-13-25)37(52)43-31(21(2)3)36(51)42-29(20-53)35(50)40-26(19-45)16-24-10-8-7-9-11-24/h7-15,21-23,26,28-29,31-32,46,53H,6,16-18,20,38H2,1-5H3,(H,39,49)(H,40,50)(H,41,47)(H,42,51)(H,43,52)(H,44,48)/t22-,23-,26-,28-,29-,31-,32-/m0/s1. The molecule has 2 aromatic carbocycles.